The number of nitrogens with zero attached hydrogens (tertiary/aromatic N) is 3. The Bertz CT molecular complexity index is 571. The third kappa shape index (κ3) is 2.94. The van der Waals surface area contributed by atoms with Crippen LogP contribution in [0, 0.1) is 17.2 Å². The summed E-state index contributed by atoms with van der Waals surface area (Å²) in [6.45, 7) is 2.88. The molecule has 0 unspecified atom stereocenters. The highest BCUT2D eigenvalue weighted by Crippen LogP contribution is 2.28. The summed E-state index contributed by atoms with van der Waals surface area (Å²) in [6, 6.07) is 4.76. The molecule has 1 aromatic rings. The predicted octanol–water partition coefficient (Wildman–Crippen LogP) is 1.76. The van der Waals surface area contributed by atoms with Gasteiger partial charge in [-0.15, -0.1) is 0 Å². The molecule has 0 radical (unpaired) electrons. The van der Waals surface area contributed by atoms with Gasteiger partial charge in [-0.1, -0.05) is 13.3 Å². The minimum atomic E-state index is -3.49. The molecule has 1 aliphatic carbocycles. The molecule has 0 amide bonds. The number of nitriles is 1. The molecule has 0 bridgehead atoms. The van der Waals surface area contributed by atoms with Crippen molar-refractivity contribution < 1.29 is 8.42 Å². The minimum absolute atomic E-state index is 0.160. The van der Waals surface area contributed by atoms with Crippen molar-refractivity contribution >= 4 is 10.0 Å². The van der Waals surface area contributed by atoms with E-state index in [1.54, 1.807) is 0 Å². The Morgan fingerprint density at radius 1 is 1.47 bits per heavy atom. The second-order valence-corrected chi connectivity index (χ2v) is 6.68. The lowest BCUT2D eigenvalue weighted by molar-refractivity contribution is 0.250. The number of hydrogen-bond acceptors (Lipinski definition) is 4. The van der Waals surface area contributed by atoms with E-state index in [9.17, 15) is 8.42 Å². The summed E-state index contributed by atoms with van der Waals surface area (Å²) in [6.07, 6.45) is 4.67. The fraction of sp³-hybridized carbons (Fsp3) is 0.538. The molecule has 6 heteroatoms. The molecule has 5 nitrogen and oxygen atoms in total. The first-order valence-corrected chi connectivity index (χ1v) is 7.88. The standard InChI is InChI=1S/C13H17N3O2S/c1-2-16(10-11-4-3-5-11)19(17,18)13-7-6-12(8-14)15-9-13/h6-7,9,11H,2-5,10H2,1H3. The van der Waals surface area contributed by atoms with Crippen molar-refractivity contribution in [2.75, 3.05) is 13.1 Å². The van der Waals surface area contributed by atoms with Gasteiger partial charge in [-0.2, -0.15) is 9.57 Å². The minimum Gasteiger partial charge on any atom is -0.244 e. The zero-order valence-electron chi connectivity index (χ0n) is 10.9. The average Bonchev–Trinajstić information content (AvgIpc) is 2.37. The smallest absolute Gasteiger partial charge is 0.244 e. The Labute approximate surface area is 113 Å². The van der Waals surface area contributed by atoms with Gasteiger partial charge in [0, 0.05) is 19.3 Å². The summed E-state index contributed by atoms with van der Waals surface area (Å²) in [4.78, 5) is 3.99. The Morgan fingerprint density at radius 3 is 2.63 bits per heavy atom. The largest absolute Gasteiger partial charge is 0.244 e. The van der Waals surface area contributed by atoms with Crippen LogP contribution in [0.15, 0.2) is 23.2 Å². The maximum Gasteiger partial charge on any atom is 0.244 e. The molecule has 19 heavy (non-hydrogen) atoms. The van der Waals surface area contributed by atoms with Gasteiger partial charge in [0.1, 0.15) is 16.7 Å². The molecular formula is C13H17N3O2S. The first-order chi connectivity index (χ1) is 9.07. The maximum absolute atomic E-state index is 12.4. The zero-order valence-corrected chi connectivity index (χ0v) is 11.7. The summed E-state index contributed by atoms with van der Waals surface area (Å²) < 4.78 is 26.4. The van der Waals surface area contributed by atoms with Crippen molar-refractivity contribution in [3.8, 4) is 6.07 Å². The monoisotopic (exact) mass is 279 g/mol. The SMILES string of the molecule is CCN(CC1CCC1)S(=O)(=O)c1ccc(C#N)nc1. The molecule has 0 spiro atoms. The van der Waals surface area contributed by atoms with Crippen molar-refractivity contribution in [1.29, 1.82) is 5.26 Å². The molecule has 0 saturated heterocycles. The lowest BCUT2D eigenvalue weighted by atomic mass is 9.85. The topological polar surface area (TPSA) is 74.1 Å². The van der Waals surface area contributed by atoms with Gasteiger partial charge in [0.15, 0.2) is 0 Å². The molecule has 1 heterocycles. The van der Waals surface area contributed by atoms with E-state index in [2.05, 4.69) is 4.98 Å². The normalized spacial score (nSPS) is 16.1. The summed E-state index contributed by atoms with van der Waals surface area (Å²) in [5.41, 5.74) is 0.223. The Hall–Kier alpha value is -1.45. The van der Waals surface area contributed by atoms with E-state index < -0.39 is 10.0 Å². The second-order valence-electron chi connectivity index (χ2n) is 4.74. The number of hydrogen-bond donors (Lipinski definition) is 0. The van der Waals surface area contributed by atoms with Crippen molar-refractivity contribution in [3.63, 3.8) is 0 Å². The van der Waals surface area contributed by atoms with E-state index in [4.69, 9.17) is 5.26 Å². The molecule has 102 valence electrons. The summed E-state index contributed by atoms with van der Waals surface area (Å²) in [7, 11) is -3.49. The van der Waals surface area contributed by atoms with E-state index in [1.165, 1.54) is 29.1 Å². The molecule has 1 aromatic heterocycles. The van der Waals surface area contributed by atoms with E-state index in [0.29, 0.717) is 19.0 Å². The summed E-state index contributed by atoms with van der Waals surface area (Å²) in [5.74, 6) is 0.487. The molecule has 0 atom stereocenters. The highest BCUT2D eigenvalue weighted by molar-refractivity contribution is 7.89. The number of rotatable bonds is 5. The lowest BCUT2D eigenvalue weighted by Crippen LogP contribution is -2.37. The highest BCUT2D eigenvalue weighted by Gasteiger charge is 2.28. The Kier molecular flexibility index (Phi) is 4.17. The zero-order chi connectivity index (χ0) is 13.9. The van der Waals surface area contributed by atoms with Gasteiger partial charge in [-0.05, 0) is 30.9 Å². The van der Waals surface area contributed by atoms with Gasteiger partial charge in [0.25, 0.3) is 0 Å². The quantitative estimate of drug-likeness (QED) is 0.823. The molecule has 0 aliphatic heterocycles. The fourth-order valence-electron chi connectivity index (χ4n) is 2.11. The number of aromatic nitrogens is 1. The molecule has 1 saturated carbocycles. The lowest BCUT2D eigenvalue weighted by Gasteiger charge is -2.31. The predicted molar refractivity (Wildman–Crippen MR) is 70.7 cm³/mol. The van der Waals surface area contributed by atoms with Gasteiger partial charge in [-0.25, -0.2) is 13.4 Å². The number of pyridine rings is 1. The van der Waals surface area contributed by atoms with Gasteiger partial charge in [-0.3, -0.25) is 0 Å². The van der Waals surface area contributed by atoms with Crippen LogP contribution < -0.4 is 0 Å². The van der Waals surface area contributed by atoms with Gasteiger partial charge in [0.2, 0.25) is 10.0 Å². The third-order valence-electron chi connectivity index (χ3n) is 3.53. The van der Waals surface area contributed by atoms with Crippen LogP contribution in [0.4, 0.5) is 0 Å². The van der Waals surface area contributed by atoms with Crippen LogP contribution >= 0.6 is 0 Å². The molecule has 0 N–H and O–H groups in total. The van der Waals surface area contributed by atoms with E-state index in [-0.39, 0.29) is 10.6 Å². The molecule has 0 aromatic carbocycles. The van der Waals surface area contributed by atoms with Crippen LogP contribution in [0.2, 0.25) is 0 Å². The van der Waals surface area contributed by atoms with Crippen LogP contribution in [0.5, 0.6) is 0 Å². The molecular weight excluding hydrogens is 262 g/mol. The maximum atomic E-state index is 12.4. The van der Waals surface area contributed by atoms with Gasteiger partial charge < -0.3 is 0 Å². The second kappa shape index (κ2) is 5.68. The van der Waals surface area contributed by atoms with Crippen molar-refractivity contribution in [3.05, 3.63) is 24.0 Å². The van der Waals surface area contributed by atoms with Crippen molar-refractivity contribution in [1.82, 2.24) is 9.29 Å². The first kappa shape index (κ1) is 14.0. The summed E-state index contributed by atoms with van der Waals surface area (Å²) >= 11 is 0. The van der Waals surface area contributed by atoms with Crippen molar-refractivity contribution in [2.24, 2.45) is 5.92 Å². The van der Waals surface area contributed by atoms with Gasteiger partial charge in [0.05, 0.1) is 0 Å². The molecule has 1 aliphatic rings. The van der Waals surface area contributed by atoms with Gasteiger partial charge >= 0.3 is 0 Å². The summed E-state index contributed by atoms with van der Waals surface area (Å²) in [5, 5.41) is 8.67. The Morgan fingerprint density at radius 2 is 2.21 bits per heavy atom. The van der Waals surface area contributed by atoms with Crippen LogP contribution in [0.25, 0.3) is 0 Å². The fourth-order valence-corrected chi connectivity index (χ4v) is 3.58. The van der Waals surface area contributed by atoms with E-state index in [0.717, 1.165) is 12.8 Å². The molecule has 1 fully saturated rings. The van der Waals surface area contributed by atoms with Crippen LogP contribution in [-0.2, 0) is 10.0 Å². The van der Waals surface area contributed by atoms with Crippen LogP contribution in [-0.4, -0.2) is 30.8 Å². The van der Waals surface area contributed by atoms with E-state index >= 15 is 0 Å². The molecule has 2 rings (SSSR count). The highest BCUT2D eigenvalue weighted by atomic mass is 32.2. The third-order valence-corrected chi connectivity index (χ3v) is 5.45. The van der Waals surface area contributed by atoms with Crippen LogP contribution in [0.3, 0.4) is 0 Å². The average molecular weight is 279 g/mol. The Balaban J connectivity index is 2.20. The van der Waals surface area contributed by atoms with E-state index in [1.807, 2.05) is 13.0 Å². The van der Waals surface area contributed by atoms with Crippen LogP contribution in [0.1, 0.15) is 31.9 Å². The number of sulfonamides is 1. The first-order valence-electron chi connectivity index (χ1n) is 6.44. The van der Waals surface area contributed by atoms with Crippen molar-refractivity contribution in [2.45, 2.75) is 31.1 Å².